The Morgan fingerprint density at radius 2 is 1.93 bits per heavy atom. The molecule has 29 heavy (non-hydrogen) atoms. The summed E-state index contributed by atoms with van der Waals surface area (Å²) in [6.07, 6.45) is -2.82. The fourth-order valence-corrected chi connectivity index (χ4v) is 3.61. The monoisotopic (exact) mass is 424 g/mol. The van der Waals surface area contributed by atoms with Crippen LogP contribution in [0.25, 0.3) is 11.6 Å². The molecule has 0 fully saturated rings. The summed E-state index contributed by atoms with van der Waals surface area (Å²) >= 11 is 1.25. The molecule has 0 aliphatic heterocycles. The number of hydrogen-bond acceptors (Lipinski definition) is 5. The first-order chi connectivity index (χ1) is 13.8. The maximum absolute atomic E-state index is 12.6. The highest BCUT2D eigenvalue weighted by atomic mass is 32.2. The van der Waals surface area contributed by atoms with E-state index in [2.05, 4.69) is 10.2 Å². The molecule has 0 spiro atoms. The van der Waals surface area contributed by atoms with Gasteiger partial charge in [0.15, 0.2) is 16.7 Å². The van der Waals surface area contributed by atoms with E-state index in [4.69, 9.17) is 4.42 Å². The maximum atomic E-state index is 12.6. The van der Waals surface area contributed by atoms with Crippen LogP contribution in [0.2, 0.25) is 0 Å². The minimum absolute atomic E-state index is 0.132. The van der Waals surface area contributed by atoms with Gasteiger partial charge in [-0.1, -0.05) is 23.9 Å². The van der Waals surface area contributed by atoms with Gasteiger partial charge in [-0.2, -0.15) is 13.2 Å². The quantitative estimate of drug-likeness (QED) is 0.529. The summed E-state index contributed by atoms with van der Waals surface area (Å²) in [4.78, 5) is 13.9. The second-order valence-corrected chi connectivity index (χ2v) is 7.20. The lowest BCUT2D eigenvalue weighted by Crippen LogP contribution is -2.28. The topological polar surface area (TPSA) is 64.2 Å². The number of halogens is 3. The molecule has 0 N–H and O–H groups in total. The van der Waals surface area contributed by atoms with Gasteiger partial charge in [0.1, 0.15) is 0 Å². The fourth-order valence-electron chi connectivity index (χ4n) is 2.67. The third kappa shape index (κ3) is 5.00. The highest BCUT2D eigenvalue weighted by Gasteiger charge is 2.30. The van der Waals surface area contributed by atoms with Crippen LogP contribution in [0.15, 0.2) is 52.2 Å². The lowest BCUT2D eigenvalue weighted by molar-refractivity contribution is -0.137. The molecule has 0 aliphatic rings. The van der Waals surface area contributed by atoms with Gasteiger partial charge in [0.2, 0.25) is 5.91 Å². The Hall–Kier alpha value is -2.75. The van der Waals surface area contributed by atoms with E-state index in [9.17, 15) is 18.0 Å². The molecule has 2 aromatic heterocycles. The van der Waals surface area contributed by atoms with Gasteiger partial charge < -0.3 is 9.32 Å². The van der Waals surface area contributed by atoms with E-state index in [1.807, 2.05) is 11.5 Å². The molecule has 6 nitrogen and oxygen atoms in total. The van der Waals surface area contributed by atoms with Crippen LogP contribution >= 0.6 is 11.8 Å². The minimum atomic E-state index is -4.37. The van der Waals surface area contributed by atoms with Crippen molar-refractivity contribution in [2.75, 3.05) is 12.8 Å². The van der Waals surface area contributed by atoms with Crippen LogP contribution < -0.4 is 0 Å². The van der Waals surface area contributed by atoms with Crippen LogP contribution in [0.4, 0.5) is 13.2 Å². The van der Waals surface area contributed by atoms with Gasteiger partial charge in [0.05, 0.1) is 17.6 Å². The summed E-state index contributed by atoms with van der Waals surface area (Å²) in [7, 11) is 1.61. The van der Waals surface area contributed by atoms with E-state index in [0.717, 1.165) is 12.1 Å². The van der Waals surface area contributed by atoms with Gasteiger partial charge >= 0.3 is 6.18 Å². The molecule has 10 heteroatoms. The van der Waals surface area contributed by atoms with Crippen molar-refractivity contribution in [2.45, 2.75) is 31.3 Å². The minimum Gasteiger partial charge on any atom is -0.461 e. The van der Waals surface area contributed by atoms with Crippen molar-refractivity contribution in [2.24, 2.45) is 0 Å². The van der Waals surface area contributed by atoms with Crippen LogP contribution in [-0.2, 0) is 24.1 Å². The van der Waals surface area contributed by atoms with Gasteiger partial charge in [-0.05, 0) is 36.8 Å². The summed E-state index contributed by atoms with van der Waals surface area (Å²) in [5, 5.41) is 8.85. The highest BCUT2D eigenvalue weighted by molar-refractivity contribution is 7.99. The number of amides is 1. The Bertz CT molecular complexity index is 953. The molecule has 0 bridgehead atoms. The zero-order valence-electron chi connectivity index (χ0n) is 15.8. The fraction of sp³-hybridized carbons (Fsp3) is 0.316. The van der Waals surface area contributed by atoms with Crippen molar-refractivity contribution < 1.29 is 22.4 Å². The number of furan rings is 1. The molecule has 0 radical (unpaired) electrons. The average molecular weight is 424 g/mol. The molecule has 154 valence electrons. The summed E-state index contributed by atoms with van der Waals surface area (Å²) < 4.78 is 45.1. The van der Waals surface area contributed by atoms with E-state index < -0.39 is 11.7 Å². The Kier molecular flexibility index (Phi) is 6.31. The Morgan fingerprint density at radius 3 is 2.52 bits per heavy atom. The number of thioether (sulfide) groups is 1. The molecule has 3 aromatic rings. The first kappa shape index (κ1) is 21.0. The first-order valence-corrected chi connectivity index (χ1v) is 9.78. The van der Waals surface area contributed by atoms with Crippen LogP contribution in [0.1, 0.15) is 18.1 Å². The lowest BCUT2D eigenvalue weighted by Gasteiger charge is -2.17. The maximum Gasteiger partial charge on any atom is 0.416 e. The molecule has 0 atom stereocenters. The second kappa shape index (κ2) is 8.73. The Labute approximate surface area is 169 Å². The van der Waals surface area contributed by atoms with Crippen LogP contribution in [0.3, 0.4) is 0 Å². The third-order valence-corrected chi connectivity index (χ3v) is 5.18. The standard InChI is InChI=1S/C19H19F3N4O2S/c1-3-26-17(15-5-4-10-28-15)23-24-18(26)29-12-16(27)25(2)11-13-6-8-14(9-7-13)19(20,21)22/h4-10H,3,11-12H2,1-2H3. The largest absolute Gasteiger partial charge is 0.461 e. The first-order valence-electron chi connectivity index (χ1n) is 8.79. The van der Waals surface area contributed by atoms with E-state index in [1.165, 1.54) is 28.8 Å². The molecule has 0 saturated carbocycles. The summed E-state index contributed by atoms with van der Waals surface area (Å²) in [6.45, 7) is 2.77. The van der Waals surface area contributed by atoms with Crippen molar-refractivity contribution in [3.8, 4) is 11.6 Å². The number of benzene rings is 1. The number of carbonyl (C=O) groups excluding carboxylic acids is 1. The van der Waals surface area contributed by atoms with Gasteiger partial charge in [-0.15, -0.1) is 10.2 Å². The molecular formula is C19H19F3N4O2S. The van der Waals surface area contributed by atoms with E-state index in [1.54, 1.807) is 25.4 Å². The van der Waals surface area contributed by atoms with E-state index >= 15 is 0 Å². The zero-order chi connectivity index (χ0) is 21.0. The second-order valence-electron chi connectivity index (χ2n) is 6.26. The molecular weight excluding hydrogens is 405 g/mol. The van der Waals surface area contributed by atoms with Crippen LogP contribution in [-0.4, -0.2) is 38.4 Å². The summed E-state index contributed by atoms with van der Waals surface area (Å²) in [5.74, 6) is 1.15. The number of aromatic nitrogens is 3. The number of hydrogen-bond donors (Lipinski definition) is 0. The van der Waals surface area contributed by atoms with Crippen molar-refractivity contribution in [3.05, 3.63) is 53.8 Å². The van der Waals surface area contributed by atoms with Gasteiger partial charge in [0, 0.05) is 20.1 Å². The smallest absolute Gasteiger partial charge is 0.416 e. The molecule has 1 amide bonds. The predicted octanol–water partition coefficient (Wildman–Crippen LogP) is 4.33. The predicted molar refractivity (Wildman–Crippen MR) is 102 cm³/mol. The number of carbonyl (C=O) groups is 1. The van der Waals surface area contributed by atoms with E-state index in [0.29, 0.717) is 28.8 Å². The SMILES string of the molecule is CCn1c(SCC(=O)N(C)Cc2ccc(C(F)(F)F)cc2)nnc1-c1ccco1. The Balaban J connectivity index is 1.59. The number of alkyl halides is 3. The van der Waals surface area contributed by atoms with Crippen molar-refractivity contribution in [3.63, 3.8) is 0 Å². The number of nitrogens with zero attached hydrogens (tertiary/aromatic N) is 4. The summed E-state index contributed by atoms with van der Waals surface area (Å²) in [5.41, 5.74) is -0.0901. The third-order valence-electron chi connectivity index (χ3n) is 4.23. The molecule has 0 aliphatic carbocycles. The van der Waals surface area contributed by atoms with Crippen molar-refractivity contribution in [1.29, 1.82) is 0 Å². The molecule has 3 rings (SSSR count). The van der Waals surface area contributed by atoms with Gasteiger partial charge in [-0.3, -0.25) is 9.36 Å². The summed E-state index contributed by atoms with van der Waals surface area (Å²) in [6, 6.07) is 8.33. The van der Waals surface area contributed by atoms with E-state index in [-0.39, 0.29) is 18.2 Å². The molecule has 0 unspecified atom stereocenters. The average Bonchev–Trinajstić information content (AvgIpc) is 3.34. The van der Waals surface area contributed by atoms with Gasteiger partial charge in [-0.25, -0.2) is 0 Å². The van der Waals surface area contributed by atoms with Crippen LogP contribution in [0, 0.1) is 0 Å². The van der Waals surface area contributed by atoms with Crippen LogP contribution in [0.5, 0.6) is 0 Å². The molecule has 0 saturated heterocycles. The van der Waals surface area contributed by atoms with Gasteiger partial charge in [0.25, 0.3) is 0 Å². The Morgan fingerprint density at radius 1 is 1.21 bits per heavy atom. The number of rotatable bonds is 7. The normalized spacial score (nSPS) is 11.6. The molecule has 1 aromatic carbocycles. The lowest BCUT2D eigenvalue weighted by atomic mass is 10.1. The zero-order valence-corrected chi connectivity index (χ0v) is 16.6. The highest BCUT2D eigenvalue weighted by Crippen LogP contribution is 2.29. The van der Waals surface area contributed by atoms with Crippen molar-refractivity contribution >= 4 is 17.7 Å². The van der Waals surface area contributed by atoms with Crippen molar-refractivity contribution in [1.82, 2.24) is 19.7 Å². The molecule has 2 heterocycles.